The van der Waals surface area contributed by atoms with Gasteiger partial charge in [-0.15, -0.1) is 0 Å². The SMILES string of the molecule is [O]=[Ti]=[O].[c]1cc2ccccc2[nH]1. The third-order valence-electron chi connectivity index (χ3n) is 1.40. The molecule has 0 atom stereocenters. The molecule has 12 heavy (non-hydrogen) atoms. The van der Waals surface area contributed by atoms with Gasteiger partial charge in [0.05, 0.1) is 6.20 Å². The second kappa shape index (κ2) is 4.85. The molecule has 0 fully saturated rings. The van der Waals surface area contributed by atoms with Gasteiger partial charge in [-0.2, -0.15) is 0 Å². The molecule has 1 radical (unpaired) electrons. The smallest absolute Gasteiger partial charge is 0.0630 e. The van der Waals surface area contributed by atoms with Crippen LogP contribution in [0.15, 0.2) is 30.3 Å². The number of nitrogens with one attached hydrogen (secondary N) is 1. The van der Waals surface area contributed by atoms with Crippen molar-refractivity contribution in [1.82, 2.24) is 4.98 Å². The van der Waals surface area contributed by atoms with Crippen molar-refractivity contribution in [3.63, 3.8) is 0 Å². The zero-order valence-corrected chi connectivity index (χ0v) is 7.76. The van der Waals surface area contributed by atoms with Crippen molar-refractivity contribution in [2.24, 2.45) is 0 Å². The Balaban J connectivity index is 0.000000213. The minimum atomic E-state index is -2.00. The third-order valence-corrected chi connectivity index (χ3v) is 1.40. The Hall–Kier alpha value is -0.926. The van der Waals surface area contributed by atoms with Crippen molar-refractivity contribution in [2.75, 3.05) is 0 Å². The number of benzene rings is 1. The molecule has 1 N–H and O–H groups in total. The maximum Gasteiger partial charge on any atom is 0.0630 e. The van der Waals surface area contributed by atoms with E-state index in [1.165, 1.54) is 5.39 Å². The Morgan fingerprint density at radius 3 is 2.58 bits per heavy atom. The monoisotopic (exact) mass is 196 g/mol. The molecule has 2 aromatic rings. The first-order valence-electron chi connectivity index (χ1n) is 3.31. The van der Waals surface area contributed by atoms with Crippen LogP contribution in [0.3, 0.4) is 0 Å². The van der Waals surface area contributed by atoms with Gasteiger partial charge in [0, 0.05) is 10.9 Å². The summed E-state index contributed by atoms with van der Waals surface area (Å²) in [4.78, 5) is 2.99. The largest absolute Gasteiger partial charge is 0.353 e. The van der Waals surface area contributed by atoms with E-state index < -0.39 is 19.1 Å². The van der Waals surface area contributed by atoms with E-state index in [1.807, 2.05) is 24.3 Å². The van der Waals surface area contributed by atoms with Crippen molar-refractivity contribution >= 4 is 10.9 Å². The van der Waals surface area contributed by atoms with E-state index in [4.69, 9.17) is 6.65 Å². The molecule has 0 saturated heterocycles. The van der Waals surface area contributed by atoms with Crippen LogP contribution in [0.25, 0.3) is 10.9 Å². The van der Waals surface area contributed by atoms with Crippen molar-refractivity contribution in [3.8, 4) is 0 Å². The van der Waals surface area contributed by atoms with E-state index in [1.54, 1.807) is 0 Å². The maximum atomic E-state index is 8.50. The van der Waals surface area contributed by atoms with Crippen molar-refractivity contribution in [3.05, 3.63) is 36.5 Å². The molecule has 0 saturated carbocycles. The van der Waals surface area contributed by atoms with Gasteiger partial charge < -0.3 is 4.98 Å². The summed E-state index contributed by atoms with van der Waals surface area (Å²) in [6.45, 7) is 0. The van der Waals surface area contributed by atoms with Gasteiger partial charge in [-0.05, 0) is 12.1 Å². The molecule has 4 heteroatoms. The minimum Gasteiger partial charge on any atom is -0.353 e. The first-order chi connectivity index (χ1) is 5.88. The van der Waals surface area contributed by atoms with E-state index in [-0.39, 0.29) is 0 Å². The zero-order valence-electron chi connectivity index (χ0n) is 6.20. The predicted molar refractivity (Wildman–Crippen MR) is 38.5 cm³/mol. The average molecular weight is 196 g/mol. The summed E-state index contributed by atoms with van der Waals surface area (Å²) in [7, 11) is 0. The van der Waals surface area contributed by atoms with Gasteiger partial charge in [-0.3, -0.25) is 0 Å². The van der Waals surface area contributed by atoms with Crippen molar-refractivity contribution < 1.29 is 25.7 Å². The third kappa shape index (κ3) is 2.29. The minimum absolute atomic E-state index is 1.15. The first-order valence-corrected chi connectivity index (χ1v) is 4.59. The summed E-state index contributed by atoms with van der Waals surface area (Å²) in [6.07, 6.45) is 2.91. The van der Waals surface area contributed by atoms with Gasteiger partial charge in [0.1, 0.15) is 0 Å². The summed E-state index contributed by atoms with van der Waals surface area (Å²) in [5.74, 6) is 0. The fourth-order valence-corrected chi connectivity index (χ4v) is 0.928. The Bertz CT molecular complexity index is 360. The molecule has 0 spiro atoms. The number of fused-ring (bicyclic) bond motifs is 1. The van der Waals surface area contributed by atoms with Gasteiger partial charge in [0.25, 0.3) is 0 Å². The number of H-pyrrole nitrogens is 1. The summed E-state index contributed by atoms with van der Waals surface area (Å²) < 4.78 is 17.0. The van der Waals surface area contributed by atoms with Crippen LogP contribution < -0.4 is 0 Å². The Morgan fingerprint density at radius 1 is 1.25 bits per heavy atom. The van der Waals surface area contributed by atoms with Crippen molar-refractivity contribution in [2.45, 2.75) is 0 Å². The van der Waals surface area contributed by atoms with Crippen LogP contribution >= 0.6 is 0 Å². The summed E-state index contributed by atoms with van der Waals surface area (Å²) >= 11 is -2.00. The maximum absolute atomic E-state index is 8.50. The number of hydrogen-bond acceptors (Lipinski definition) is 2. The summed E-state index contributed by atoms with van der Waals surface area (Å²) in [5.41, 5.74) is 1.15. The normalized spacial score (nSPS) is 8.33. The van der Waals surface area contributed by atoms with E-state index in [2.05, 4.69) is 17.2 Å². The molecule has 1 aromatic carbocycles. The molecule has 0 bridgehead atoms. The molecule has 0 aliphatic carbocycles. The number of aromatic amines is 1. The van der Waals surface area contributed by atoms with E-state index in [0.29, 0.717) is 0 Å². The number of para-hydroxylation sites is 1. The van der Waals surface area contributed by atoms with Crippen LogP contribution in [-0.4, -0.2) is 4.98 Å². The molecule has 3 nitrogen and oxygen atoms in total. The van der Waals surface area contributed by atoms with E-state index in [0.717, 1.165) is 5.52 Å². The Kier molecular flexibility index (Phi) is 3.71. The molecule has 0 amide bonds. The topological polar surface area (TPSA) is 49.9 Å². The first kappa shape index (κ1) is 9.16. The fourth-order valence-electron chi connectivity index (χ4n) is 0.928. The second-order valence-electron chi connectivity index (χ2n) is 2.08. The fraction of sp³-hybridized carbons (Fsp3) is 0. The van der Waals surface area contributed by atoms with Gasteiger partial charge in [-0.25, -0.2) is 0 Å². The van der Waals surface area contributed by atoms with Crippen LogP contribution in [0.2, 0.25) is 0 Å². The van der Waals surface area contributed by atoms with E-state index in [9.17, 15) is 0 Å². The number of hydrogen-bond donors (Lipinski definition) is 1. The van der Waals surface area contributed by atoms with Gasteiger partial charge in [0.2, 0.25) is 0 Å². The van der Waals surface area contributed by atoms with Crippen LogP contribution in [0.4, 0.5) is 0 Å². The Morgan fingerprint density at radius 2 is 1.92 bits per heavy atom. The summed E-state index contributed by atoms with van der Waals surface area (Å²) in [5, 5.41) is 1.22. The standard InChI is InChI=1S/C8H6N.2O.Ti/c1-2-4-8-7(3-1)5-6-9-8;;;/h1-5,9H;;;. The predicted octanol–water partition coefficient (Wildman–Crippen LogP) is 1.73. The van der Waals surface area contributed by atoms with Gasteiger partial charge >= 0.3 is 25.7 Å². The molecule has 0 aliphatic heterocycles. The average Bonchev–Trinajstić information content (AvgIpc) is 2.52. The van der Waals surface area contributed by atoms with Gasteiger partial charge in [0.15, 0.2) is 0 Å². The van der Waals surface area contributed by atoms with Gasteiger partial charge in [-0.1, -0.05) is 18.2 Å². The molecule has 0 unspecified atom stereocenters. The molecule has 0 aliphatic rings. The molecule has 59 valence electrons. The number of aromatic nitrogens is 1. The Labute approximate surface area is 78.4 Å². The quantitative estimate of drug-likeness (QED) is 0.652. The van der Waals surface area contributed by atoms with Crippen molar-refractivity contribution in [1.29, 1.82) is 0 Å². The van der Waals surface area contributed by atoms with E-state index >= 15 is 0 Å². The molecule has 1 aromatic heterocycles. The molecular formula is C8H6NO2Ti. The number of rotatable bonds is 0. The molecular weight excluding hydrogens is 190 g/mol. The molecule has 2 rings (SSSR count). The van der Waals surface area contributed by atoms with Crippen LogP contribution in [0.1, 0.15) is 0 Å². The molecule has 1 heterocycles. The van der Waals surface area contributed by atoms with Crippen LogP contribution in [-0.2, 0) is 25.7 Å². The zero-order chi connectivity index (χ0) is 8.81. The summed E-state index contributed by atoms with van der Waals surface area (Å²) in [6, 6.07) is 10.1. The second-order valence-corrected chi connectivity index (χ2v) is 2.34. The van der Waals surface area contributed by atoms with Crippen LogP contribution in [0, 0.1) is 6.20 Å². The van der Waals surface area contributed by atoms with Crippen LogP contribution in [0.5, 0.6) is 0 Å².